The lowest BCUT2D eigenvalue weighted by molar-refractivity contribution is 0.1000. The van der Waals surface area contributed by atoms with Gasteiger partial charge in [-0.1, -0.05) is 25.1 Å². The molecule has 0 saturated heterocycles. The second-order valence-corrected chi connectivity index (χ2v) is 10.1. The number of thiophene rings is 1. The fourth-order valence-electron chi connectivity index (χ4n) is 4.84. The third-order valence-electron chi connectivity index (χ3n) is 6.61. The van der Waals surface area contributed by atoms with Gasteiger partial charge in [-0.05, 0) is 61.1 Å². The van der Waals surface area contributed by atoms with Crippen molar-refractivity contribution in [3.8, 4) is 22.8 Å². The average Bonchev–Trinajstić information content (AvgIpc) is 3.46. The minimum atomic E-state index is -0.506. The number of primary amides is 1. The van der Waals surface area contributed by atoms with Crippen molar-refractivity contribution in [2.45, 2.75) is 26.2 Å². The highest BCUT2D eigenvalue weighted by Gasteiger charge is 2.28. The topological polar surface area (TPSA) is 104 Å². The normalized spacial score (nSPS) is 16.2. The Balaban J connectivity index is 1.42. The maximum absolute atomic E-state index is 13.6. The van der Waals surface area contributed by atoms with Crippen LogP contribution in [0.2, 0.25) is 0 Å². The van der Waals surface area contributed by atoms with E-state index in [2.05, 4.69) is 12.2 Å². The predicted molar refractivity (Wildman–Crippen MR) is 135 cm³/mol. The Labute approximate surface area is 205 Å². The molecule has 0 unspecified atom stereocenters. The van der Waals surface area contributed by atoms with Crippen LogP contribution in [0, 0.1) is 5.92 Å². The third kappa shape index (κ3) is 3.80. The minimum absolute atomic E-state index is 0.184. The smallest absolute Gasteiger partial charge is 0.257 e. The van der Waals surface area contributed by atoms with Gasteiger partial charge in [0.05, 0.1) is 22.3 Å². The molecule has 0 radical (unpaired) electrons. The summed E-state index contributed by atoms with van der Waals surface area (Å²) in [6, 6.07) is 14.9. The molecule has 2 amide bonds. The second-order valence-electron chi connectivity index (χ2n) is 9.01. The van der Waals surface area contributed by atoms with E-state index < -0.39 is 5.91 Å². The van der Waals surface area contributed by atoms with E-state index in [-0.39, 0.29) is 12.7 Å². The van der Waals surface area contributed by atoms with Gasteiger partial charge in [-0.3, -0.25) is 9.59 Å². The molecule has 0 spiro atoms. The lowest BCUT2D eigenvalue weighted by Crippen LogP contribution is -2.19. The van der Waals surface area contributed by atoms with Gasteiger partial charge in [-0.15, -0.1) is 11.3 Å². The summed E-state index contributed by atoms with van der Waals surface area (Å²) in [5, 5.41) is 4.25. The summed E-state index contributed by atoms with van der Waals surface area (Å²) in [6.45, 7) is 2.38. The van der Waals surface area contributed by atoms with Crippen LogP contribution in [0.1, 0.15) is 44.5 Å². The van der Waals surface area contributed by atoms with Crippen molar-refractivity contribution in [1.29, 1.82) is 0 Å². The van der Waals surface area contributed by atoms with Crippen molar-refractivity contribution in [2.75, 3.05) is 12.1 Å². The molecular weight excluding hydrogens is 462 g/mol. The number of carbonyl (C=O) groups is 2. The number of ether oxygens (including phenoxy) is 2. The minimum Gasteiger partial charge on any atom is -0.454 e. The Morgan fingerprint density at radius 2 is 1.94 bits per heavy atom. The third-order valence-corrected chi connectivity index (χ3v) is 7.78. The van der Waals surface area contributed by atoms with Gasteiger partial charge in [0.2, 0.25) is 6.79 Å². The van der Waals surface area contributed by atoms with Crippen LogP contribution in [0.25, 0.3) is 22.2 Å². The van der Waals surface area contributed by atoms with Crippen LogP contribution in [0.4, 0.5) is 5.00 Å². The number of hydrogen-bond donors (Lipinski definition) is 2. The van der Waals surface area contributed by atoms with Crippen molar-refractivity contribution in [1.82, 2.24) is 4.98 Å². The van der Waals surface area contributed by atoms with Gasteiger partial charge < -0.3 is 20.5 Å². The molecule has 35 heavy (non-hydrogen) atoms. The van der Waals surface area contributed by atoms with Crippen LogP contribution < -0.4 is 20.5 Å². The summed E-state index contributed by atoms with van der Waals surface area (Å²) in [6.07, 6.45) is 2.70. The van der Waals surface area contributed by atoms with Gasteiger partial charge in [0, 0.05) is 15.8 Å². The molecule has 7 nitrogen and oxygen atoms in total. The van der Waals surface area contributed by atoms with Crippen LogP contribution >= 0.6 is 11.3 Å². The number of rotatable bonds is 4. The average molecular weight is 486 g/mol. The molecule has 3 N–H and O–H groups in total. The molecule has 0 bridgehead atoms. The van der Waals surface area contributed by atoms with Gasteiger partial charge in [-0.25, -0.2) is 4.98 Å². The number of fused-ring (bicyclic) bond motifs is 3. The summed E-state index contributed by atoms with van der Waals surface area (Å²) in [4.78, 5) is 31.9. The molecule has 4 aromatic rings. The number of para-hydroxylation sites is 1. The number of aromatic nitrogens is 1. The SMILES string of the molecule is C[C@H]1CCc2c(sc(NC(=O)c3cc(-c4ccc5c(c4)OCO5)nc4ccccc34)c2C(N)=O)C1. The predicted octanol–water partition coefficient (Wildman–Crippen LogP) is 5.17. The zero-order valence-electron chi connectivity index (χ0n) is 19.1. The first kappa shape index (κ1) is 21.6. The number of nitrogens with zero attached hydrogens (tertiary/aromatic N) is 1. The first-order valence-electron chi connectivity index (χ1n) is 11.5. The van der Waals surface area contributed by atoms with E-state index in [0.29, 0.717) is 44.8 Å². The maximum Gasteiger partial charge on any atom is 0.257 e. The molecule has 0 saturated carbocycles. The quantitative estimate of drug-likeness (QED) is 0.415. The number of nitrogens with one attached hydrogen (secondary N) is 1. The highest BCUT2D eigenvalue weighted by atomic mass is 32.1. The molecule has 2 aromatic heterocycles. The van der Waals surface area contributed by atoms with E-state index in [4.69, 9.17) is 20.2 Å². The summed E-state index contributed by atoms with van der Waals surface area (Å²) in [5.41, 5.74) is 9.80. The summed E-state index contributed by atoms with van der Waals surface area (Å²) in [5.74, 6) is 1.06. The monoisotopic (exact) mass is 485 g/mol. The molecule has 176 valence electrons. The van der Waals surface area contributed by atoms with Crippen molar-refractivity contribution in [3.63, 3.8) is 0 Å². The fraction of sp³-hybridized carbons (Fsp3) is 0.222. The van der Waals surface area contributed by atoms with Crippen LogP contribution in [0.5, 0.6) is 11.5 Å². The second kappa shape index (κ2) is 8.39. The first-order chi connectivity index (χ1) is 17.0. The number of carbonyl (C=O) groups excluding carboxylic acids is 2. The maximum atomic E-state index is 13.6. The Bertz CT molecular complexity index is 1510. The number of amides is 2. The van der Waals surface area contributed by atoms with E-state index in [0.717, 1.165) is 40.7 Å². The largest absolute Gasteiger partial charge is 0.454 e. The number of pyridine rings is 1. The molecule has 1 aliphatic carbocycles. The van der Waals surface area contributed by atoms with Gasteiger partial charge in [0.15, 0.2) is 11.5 Å². The first-order valence-corrected chi connectivity index (χ1v) is 12.3. The Kier molecular flexibility index (Phi) is 5.18. The summed E-state index contributed by atoms with van der Waals surface area (Å²) < 4.78 is 10.9. The highest BCUT2D eigenvalue weighted by molar-refractivity contribution is 7.17. The Hall–Kier alpha value is -3.91. The van der Waals surface area contributed by atoms with Crippen LogP contribution in [-0.4, -0.2) is 23.6 Å². The zero-order chi connectivity index (χ0) is 24.1. The lowest BCUT2D eigenvalue weighted by Gasteiger charge is -2.18. The van der Waals surface area contributed by atoms with Crippen LogP contribution in [-0.2, 0) is 12.8 Å². The molecule has 3 heterocycles. The van der Waals surface area contributed by atoms with E-state index in [1.165, 1.54) is 11.3 Å². The fourth-order valence-corrected chi connectivity index (χ4v) is 6.25. The molecular formula is C27H23N3O4S. The molecule has 1 atom stereocenters. The van der Waals surface area contributed by atoms with Crippen LogP contribution in [0.3, 0.4) is 0 Å². The Morgan fingerprint density at radius 3 is 2.80 bits per heavy atom. The van der Waals surface area contributed by atoms with Gasteiger partial charge in [-0.2, -0.15) is 0 Å². The standard InChI is InChI=1S/C27H23N3O4S/c1-14-6-8-17-23(10-14)35-27(24(17)25(28)31)30-26(32)18-12-20(29-19-5-3-2-4-16(18)19)15-7-9-21-22(11-15)34-13-33-21/h2-5,7,9,11-12,14H,6,8,10,13H2,1H3,(H2,28,31)(H,30,32)/t14-/m0/s1. The van der Waals surface area contributed by atoms with Gasteiger partial charge in [0.25, 0.3) is 11.8 Å². The summed E-state index contributed by atoms with van der Waals surface area (Å²) >= 11 is 1.46. The van der Waals surface area contributed by atoms with Crippen molar-refractivity contribution < 1.29 is 19.1 Å². The molecule has 2 aliphatic rings. The molecule has 8 heteroatoms. The highest BCUT2D eigenvalue weighted by Crippen LogP contribution is 2.40. The lowest BCUT2D eigenvalue weighted by atomic mass is 9.88. The molecule has 6 rings (SSSR count). The molecule has 1 aliphatic heterocycles. The number of nitrogens with two attached hydrogens (primary N) is 1. The van der Waals surface area contributed by atoms with E-state index >= 15 is 0 Å². The van der Waals surface area contributed by atoms with Crippen molar-refractivity contribution in [3.05, 3.63) is 70.1 Å². The van der Waals surface area contributed by atoms with E-state index in [1.807, 2.05) is 42.5 Å². The molecule has 0 fully saturated rings. The molecule has 2 aromatic carbocycles. The van der Waals surface area contributed by atoms with Gasteiger partial charge in [0.1, 0.15) is 5.00 Å². The number of hydrogen-bond acceptors (Lipinski definition) is 6. The number of anilines is 1. The van der Waals surface area contributed by atoms with Crippen molar-refractivity contribution in [2.24, 2.45) is 11.7 Å². The van der Waals surface area contributed by atoms with Crippen molar-refractivity contribution >= 4 is 39.1 Å². The van der Waals surface area contributed by atoms with E-state index in [9.17, 15) is 9.59 Å². The van der Waals surface area contributed by atoms with Gasteiger partial charge >= 0.3 is 0 Å². The Morgan fingerprint density at radius 1 is 1.11 bits per heavy atom. The van der Waals surface area contributed by atoms with E-state index in [1.54, 1.807) is 6.07 Å². The number of benzene rings is 2. The summed E-state index contributed by atoms with van der Waals surface area (Å²) in [7, 11) is 0. The zero-order valence-corrected chi connectivity index (χ0v) is 19.9. The van der Waals surface area contributed by atoms with Crippen LogP contribution in [0.15, 0.2) is 48.5 Å².